The third-order valence-corrected chi connectivity index (χ3v) is 6.28. The van der Waals surface area contributed by atoms with E-state index in [1.165, 1.54) is 23.5 Å². The molecule has 4 rings (SSSR count). The molecule has 146 valence electrons. The second kappa shape index (κ2) is 7.35. The smallest absolute Gasteiger partial charge is 0.325 e. The van der Waals surface area contributed by atoms with Gasteiger partial charge in [0.2, 0.25) is 5.91 Å². The Morgan fingerprint density at radius 3 is 2.57 bits per heavy atom. The van der Waals surface area contributed by atoms with Gasteiger partial charge in [-0.25, -0.2) is 9.18 Å². The molecule has 0 unspecified atom stereocenters. The topological polar surface area (TPSA) is 78.5 Å². The average molecular weight is 401 g/mol. The van der Waals surface area contributed by atoms with Crippen molar-refractivity contribution in [2.75, 3.05) is 6.54 Å². The maximum Gasteiger partial charge on any atom is 0.325 e. The molecule has 4 amide bonds. The number of nitrogens with zero attached hydrogens (tertiary/aromatic N) is 1. The first kappa shape index (κ1) is 18.6. The van der Waals surface area contributed by atoms with E-state index in [2.05, 4.69) is 10.6 Å². The van der Waals surface area contributed by atoms with E-state index in [4.69, 9.17) is 0 Å². The molecule has 6 nitrogen and oxygen atoms in total. The van der Waals surface area contributed by atoms with Crippen LogP contribution in [0.3, 0.4) is 0 Å². The van der Waals surface area contributed by atoms with Gasteiger partial charge in [0, 0.05) is 4.88 Å². The van der Waals surface area contributed by atoms with Gasteiger partial charge in [-0.1, -0.05) is 31.0 Å². The van der Waals surface area contributed by atoms with Crippen LogP contribution in [0.15, 0.2) is 41.8 Å². The quantitative estimate of drug-likeness (QED) is 0.756. The zero-order valence-electron chi connectivity index (χ0n) is 15.1. The Bertz CT molecular complexity index is 892. The fraction of sp³-hybridized carbons (Fsp3) is 0.350. The lowest BCUT2D eigenvalue weighted by atomic mass is 9.98. The molecule has 8 heteroatoms. The summed E-state index contributed by atoms with van der Waals surface area (Å²) in [6, 6.07) is 8.64. The minimum absolute atomic E-state index is 0.320. The summed E-state index contributed by atoms with van der Waals surface area (Å²) in [5.74, 6) is -1.12. The molecule has 1 aliphatic carbocycles. The Hall–Kier alpha value is -2.74. The van der Waals surface area contributed by atoms with Gasteiger partial charge in [-0.2, -0.15) is 0 Å². The van der Waals surface area contributed by atoms with Crippen LogP contribution in [0.25, 0.3) is 0 Å². The van der Waals surface area contributed by atoms with E-state index in [1.54, 1.807) is 12.1 Å². The van der Waals surface area contributed by atoms with Gasteiger partial charge in [0.1, 0.15) is 17.9 Å². The fourth-order valence-corrected chi connectivity index (χ4v) is 4.72. The van der Waals surface area contributed by atoms with Gasteiger partial charge in [0.25, 0.3) is 5.91 Å². The fourth-order valence-electron chi connectivity index (χ4n) is 3.92. The Morgan fingerprint density at radius 1 is 1.21 bits per heavy atom. The van der Waals surface area contributed by atoms with Gasteiger partial charge in [-0.3, -0.25) is 14.5 Å². The number of urea groups is 1. The predicted molar refractivity (Wildman–Crippen MR) is 102 cm³/mol. The number of rotatable bonds is 5. The second-order valence-electron chi connectivity index (χ2n) is 7.18. The molecule has 28 heavy (non-hydrogen) atoms. The lowest BCUT2D eigenvalue weighted by Crippen LogP contribution is -2.45. The summed E-state index contributed by atoms with van der Waals surface area (Å²) in [4.78, 5) is 39.6. The number of amides is 4. The van der Waals surface area contributed by atoms with Crippen LogP contribution in [-0.4, -0.2) is 34.8 Å². The van der Waals surface area contributed by atoms with E-state index >= 15 is 0 Å². The van der Waals surface area contributed by atoms with Crippen LogP contribution < -0.4 is 10.6 Å². The number of hydrogen-bond acceptors (Lipinski definition) is 4. The monoisotopic (exact) mass is 401 g/mol. The van der Waals surface area contributed by atoms with Crippen molar-refractivity contribution in [1.29, 1.82) is 0 Å². The van der Waals surface area contributed by atoms with E-state index in [9.17, 15) is 18.8 Å². The van der Waals surface area contributed by atoms with E-state index in [-0.39, 0.29) is 18.3 Å². The molecule has 2 aliphatic rings. The number of thiophene rings is 1. The van der Waals surface area contributed by atoms with E-state index in [0.29, 0.717) is 12.8 Å². The first-order valence-electron chi connectivity index (χ1n) is 9.21. The number of benzene rings is 1. The molecule has 1 aromatic carbocycles. The van der Waals surface area contributed by atoms with Crippen LogP contribution in [0.4, 0.5) is 9.18 Å². The number of carbonyl (C=O) groups is 3. The summed E-state index contributed by atoms with van der Waals surface area (Å²) in [6.07, 6.45) is 3.00. The third kappa shape index (κ3) is 3.40. The maximum atomic E-state index is 13.3. The highest BCUT2D eigenvalue weighted by molar-refractivity contribution is 7.10. The molecule has 1 atom stereocenters. The van der Waals surface area contributed by atoms with Crippen LogP contribution in [0.5, 0.6) is 0 Å². The highest BCUT2D eigenvalue weighted by Gasteiger charge is 2.52. The van der Waals surface area contributed by atoms with Gasteiger partial charge in [-0.15, -0.1) is 11.3 Å². The van der Waals surface area contributed by atoms with Gasteiger partial charge >= 0.3 is 6.03 Å². The molecular weight excluding hydrogens is 381 g/mol. The number of imide groups is 1. The first-order chi connectivity index (χ1) is 13.5. The molecule has 1 spiro atoms. The SMILES string of the molecule is O=C(CN1C(=O)NC2(CCCC2)C1=O)N[C@@H](c1ccc(F)cc1)c1cccs1. The van der Waals surface area contributed by atoms with Crippen molar-refractivity contribution in [1.82, 2.24) is 15.5 Å². The molecule has 0 radical (unpaired) electrons. The summed E-state index contributed by atoms with van der Waals surface area (Å²) in [6.45, 7) is -0.338. The number of nitrogens with one attached hydrogen (secondary N) is 2. The van der Waals surface area contributed by atoms with E-state index < -0.39 is 23.5 Å². The number of carbonyl (C=O) groups excluding carboxylic acids is 3. The Kier molecular flexibility index (Phi) is 4.89. The van der Waals surface area contributed by atoms with E-state index in [0.717, 1.165) is 28.2 Å². The third-order valence-electron chi connectivity index (χ3n) is 5.34. The van der Waals surface area contributed by atoms with Crippen molar-refractivity contribution in [2.45, 2.75) is 37.3 Å². The van der Waals surface area contributed by atoms with Gasteiger partial charge in [0.15, 0.2) is 0 Å². The first-order valence-corrected chi connectivity index (χ1v) is 10.1. The Labute approximate surface area is 165 Å². The molecule has 1 aromatic heterocycles. The van der Waals surface area contributed by atoms with Gasteiger partial charge in [0.05, 0.1) is 6.04 Å². The highest BCUT2D eigenvalue weighted by Crippen LogP contribution is 2.35. The zero-order chi connectivity index (χ0) is 19.7. The molecule has 2 N–H and O–H groups in total. The lowest BCUT2D eigenvalue weighted by molar-refractivity contribution is -0.135. The van der Waals surface area contributed by atoms with Crippen molar-refractivity contribution in [3.63, 3.8) is 0 Å². The van der Waals surface area contributed by atoms with Crippen LogP contribution in [-0.2, 0) is 9.59 Å². The Balaban J connectivity index is 1.50. The molecule has 2 aromatic rings. The molecule has 1 saturated heterocycles. The molecule has 0 bridgehead atoms. The summed E-state index contributed by atoms with van der Waals surface area (Å²) in [5, 5.41) is 7.54. The Morgan fingerprint density at radius 2 is 1.93 bits per heavy atom. The predicted octanol–water partition coefficient (Wildman–Crippen LogP) is 2.96. The number of hydrogen-bond donors (Lipinski definition) is 2. The molecular formula is C20H20FN3O3S. The second-order valence-corrected chi connectivity index (χ2v) is 8.16. The summed E-state index contributed by atoms with van der Waals surface area (Å²) in [5.41, 5.74) is -0.108. The molecule has 2 heterocycles. The highest BCUT2D eigenvalue weighted by atomic mass is 32.1. The van der Waals surface area contributed by atoms with Crippen molar-refractivity contribution in [2.24, 2.45) is 0 Å². The lowest BCUT2D eigenvalue weighted by Gasteiger charge is -2.21. The van der Waals surface area contributed by atoms with Crippen molar-refractivity contribution in [3.8, 4) is 0 Å². The zero-order valence-corrected chi connectivity index (χ0v) is 15.9. The van der Waals surface area contributed by atoms with Crippen molar-refractivity contribution in [3.05, 3.63) is 58.0 Å². The minimum atomic E-state index is -0.832. The van der Waals surface area contributed by atoms with Crippen molar-refractivity contribution < 1.29 is 18.8 Å². The summed E-state index contributed by atoms with van der Waals surface area (Å²) >= 11 is 1.46. The summed E-state index contributed by atoms with van der Waals surface area (Å²) < 4.78 is 13.3. The van der Waals surface area contributed by atoms with Crippen LogP contribution in [0.1, 0.15) is 42.2 Å². The molecule has 1 aliphatic heterocycles. The van der Waals surface area contributed by atoms with Crippen LogP contribution in [0.2, 0.25) is 0 Å². The van der Waals surface area contributed by atoms with Crippen LogP contribution >= 0.6 is 11.3 Å². The molecule has 2 fully saturated rings. The van der Waals surface area contributed by atoms with Crippen LogP contribution in [0, 0.1) is 5.82 Å². The normalized spacial score (nSPS) is 19.1. The largest absolute Gasteiger partial charge is 0.343 e. The minimum Gasteiger partial charge on any atom is -0.343 e. The van der Waals surface area contributed by atoms with E-state index in [1.807, 2.05) is 17.5 Å². The van der Waals surface area contributed by atoms with Gasteiger partial charge < -0.3 is 10.6 Å². The van der Waals surface area contributed by atoms with Crippen molar-refractivity contribution >= 4 is 29.2 Å². The summed E-state index contributed by atoms with van der Waals surface area (Å²) in [7, 11) is 0. The average Bonchev–Trinajstić information content (AvgIpc) is 3.40. The maximum absolute atomic E-state index is 13.3. The number of halogens is 1. The molecule has 1 saturated carbocycles. The van der Waals surface area contributed by atoms with Gasteiger partial charge in [-0.05, 0) is 42.0 Å². The standard InChI is InChI=1S/C20H20FN3O3S/c21-14-7-5-13(6-8-14)17(15-4-3-11-28-15)22-16(25)12-24-18(26)20(23-19(24)27)9-1-2-10-20/h3-8,11,17H,1-2,9-10,12H2,(H,22,25)(H,23,27)/t17-/m0/s1.